The number of rotatable bonds is 0. The summed E-state index contributed by atoms with van der Waals surface area (Å²) in [6.07, 6.45) is 0. The third-order valence-electron chi connectivity index (χ3n) is 0.263. The fraction of sp³-hybridized carbons (Fsp3) is 0.500. The SMILES string of the molecule is CC#C[C@H](O)Cl. The van der Waals surface area contributed by atoms with Crippen LogP contribution < -0.4 is 0 Å². The maximum absolute atomic E-state index is 8.14. The average Bonchev–Trinajstić information content (AvgIpc) is 1.35. The molecule has 0 radical (unpaired) electrons. The number of hydrogen-bond acceptors (Lipinski definition) is 1. The van der Waals surface area contributed by atoms with Gasteiger partial charge in [-0.05, 0) is 6.92 Å². The molecule has 0 aliphatic carbocycles. The Morgan fingerprint density at radius 3 is 2.33 bits per heavy atom. The molecule has 0 saturated carbocycles. The van der Waals surface area contributed by atoms with Crippen LogP contribution in [0.15, 0.2) is 0 Å². The van der Waals surface area contributed by atoms with Gasteiger partial charge < -0.3 is 5.11 Å². The predicted octanol–water partition coefficient (Wildman–Crippen LogP) is 0.567. The van der Waals surface area contributed by atoms with E-state index >= 15 is 0 Å². The average molecular weight is 105 g/mol. The minimum atomic E-state index is -0.991. The highest BCUT2D eigenvalue weighted by Gasteiger charge is 1.80. The molecular weight excluding hydrogens is 99.5 g/mol. The van der Waals surface area contributed by atoms with E-state index in [4.69, 9.17) is 16.7 Å². The van der Waals surface area contributed by atoms with Gasteiger partial charge in [-0.3, -0.25) is 0 Å². The molecule has 1 nitrogen and oxygen atoms in total. The minimum absolute atomic E-state index is 0.991. The van der Waals surface area contributed by atoms with Crippen molar-refractivity contribution in [2.45, 2.75) is 12.5 Å². The van der Waals surface area contributed by atoms with Crippen LogP contribution in [0.5, 0.6) is 0 Å². The van der Waals surface area contributed by atoms with Gasteiger partial charge in [-0.1, -0.05) is 17.5 Å². The fourth-order valence-electron chi connectivity index (χ4n) is 0.119. The number of alkyl halides is 1. The summed E-state index contributed by atoms with van der Waals surface area (Å²) in [5.74, 6) is 4.71. The molecule has 0 aromatic carbocycles. The molecule has 6 heavy (non-hydrogen) atoms. The van der Waals surface area contributed by atoms with Crippen molar-refractivity contribution in [2.24, 2.45) is 0 Å². The van der Waals surface area contributed by atoms with E-state index in [9.17, 15) is 0 Å². The molecule has 0 unspecified atom stereocenters. The van der Waals surface area contributed by atoms with Gasteiger partial charge in [0, 0.05) is 0 Å². The van der Waals surface area contributed by atoms with Crippen LogP contribution in [0, 0.1) is 11.8 Å². The summed E-state index contributed by atoms with van der Waals surface area (Å²) in [4.78, 5) is 0. The maximum Gasteiger partial charge on any atom is 0.190 e. The largest absolute Gasteiger partial charge is 0.367 e. The lowest BCUT2D eigenvalue weighted by atomic mass is 10.6. The summed E-state index contributed by atoms with van der Waals surface area (Å²) < 4.78 is 0. The summed E-state index contributed by atoms with van der Waals surface area (Å²) in [7, 11) is 0. The van der Waals surface area contributed by atoms with Gasteiger partial charge in [0.2, 0.25) is 0 Å². The molecule has 1 atom stereocenters. The van der Waals surface area contributed by atoms with E-state index in [1.165, 1.54) is 0 Å². The number of hydrogen-bond donors (Lipinski definition) is 1. The zero-order valence-electron chi connectivity index (χ0n) is 3.40. The van der Waals surface area contributed by atoms with E-state index in [1.807, 2.05) is 0 Å². The molecule has 1 N–H and O–H groups in total. The highest BCUT2D eigenvalue weighted by Crippen LogP contribution is 1.81. The molecule has 0 spiro atoms. The quantitative estimate of drug-likeness (QED) is 0.352. The molecular formula is C4H5ClO. The molecule has 0 saturated heterocycles. The number of aliphatic hydroxyl groups is 1. The Morgan fingerprint density at radius 1 is 1.83 bits per heavy atom. The van der Waals surface area contributed by atoms with E-state index in [0.717, 1.165) is 0 Å². The van der Waals surface area contributed by atoms with Gasteiger partial charge in [-0.25, -0.2) is 0 Å². The Morgan fingerprint density at radius 2 is 2.33 bits per heavy atom. The van der Waals surface area contributed by atoms with Gasteiger partial charge >= 0.3 is 0 Å². The van der Waals surface area contributed by atoms with Gasteiger partial charge in [0.15, 0.2) is 5.56 Å². The van der Waals surface area contributed by atoms with Gasteiger partial charge in [0.25, 0.3) is 0 Å². The first-order valence-electron chi connectivity index (χ1n) is 1.52. The van der Waals surface area contributed by atoms with E-state index in [2.05, 4.69) is 11.8 Å². The summed E-state index contributed by atoms with van der Waals surface area (Å²) in [5.41, 5.74) is -0.991. The van der Waals surface area contributed by atoms with Crippen LogP contribution in [-0.4, -0.2) is 10.7 Å². The first kappa shape index (κ1) is 5.81. The highest BCUT2D eigenvalue weighted by molar-refractivity contribution is 6.21. The molecule has 0 amide bonds. The second-order valence-electron chi connectivity index (χ2n) is 0.730. The summed E-state index contributed by atoms with van der Waals surface area (Å²) in [6, 6.07) is 0. The van der Waals surface area contributed by atoms with Gasteiger partial charge in [-0.15, -0.1) is 5.92 Å². The lowest BCUT2D eigenvalue weighted by Crippen LogP contribution is -1.86. The normalized spacial score (nSPS) is 11.8. The van der Waals surface area contributed by atoms with E-state index in [0.29, 0.717) is 0 Å². The molecule has 0 heterocycles. The van der Waals surface area contributed by atoms with Crippen LogP contribution in [0.1, 0.15) is 6.92 Å². The first-order chi connectivity index (χ1) is 2.77. The lowest BCUT2D eigenvalue weighted by molar-refractivity contribution is 0.312. The van der Waals surface area contributed by atoms with E-state index in [-0.39, 0.29) is 0 Å². The topological polar surface area (TPSA) is 20.2 Å². The highest BCUT2D eigenvalue weighted by atomic mass is 35.5. The van der Waals surface area contributed by atoms with Crippen LogP contribution in [0.3, 0.4) is 0 Å². The van der Waals surface area contributed by atoms with Crippen LogP contribution in [0.25, 0.3) is 0 Å². The van der Waals surface area contributed by atoms with Crippen molar-refractivity contribution in [1.29, 1.82) is 0 Å². The van der Waals surface area contributed by atoms with Crippen LogP contribution in [-0.2, 0) is 0 Å². The standard InChI is InChI=1S/C4H5ClO/c1-2-3-4(5)6/h4,6H,1H3/t4-/m0/s1. The van der Waals surface area contributed by atoms with Crippen molar-refractivity contribution in [2.75, 3.05) is 0 Å². The third-order valence-corrected chi connectivity index (χ3v) is 0.373. The van der Waals surface area contributed by atoms with E-state index in [1.54, 1.807) is 6.92 Å². The Kier molecular flexibility index (Phi) is 2.92. The lowest BCUT2D eigenvalue weighted by Gasteiger charge is -1.79. The second kappa shape index (κ2) is 3.02. The van der Waals surface area contributed by atoms with Crippen molar-refractivity contribution < 1.29 is 5.11 Å². The Hall–Kier alpha value is -0.190. The monoisotopic (exact) mass is 104 g/mol. The zero-order valence-corrected chi connectivity index (χ0v) is 4.16. The van der Waals surface area contributed by atoms with Crippen LogP contribution in [0.4, 0.5) is 0 Å². The van der Waals surface area contributed by atoms with E-state index < -0.39 is 5.56 Å². The first-order valence-corrected chi connectivity index (χ1v) is 1.95. The van der Waals surface area contributed by atoms with Crippen LogP contribution in [0.2, 0.25) is 0 Å². The van der Waals surface area contributed by atoms with Crippen molar-refractivity contribution in [1.82, 2.24) is 0 Å². The summed E-state index contributed by atoms with van der Waals surface area (Å²) in [5, 5.41) is 8.14. The maximum atomic E-state index is 8.14. The summed E-state index contributed by atoms with van der Waals surface area (Å²) in [6.45, 7) is 1.62. The van der Waals surface area contributed by atoms with Gasteiger partial charge in [0.05, 0.1) is 0 Å². The second-order valence-corrected chi connectivity index (χ2v) is 1.14. The minimum Gasteiger partial charge on any atom is -0.367 e. The molecule has 0 aliphatic rings. The molecule has 0 bridgehead atoms. The molecule has 0 fully saturated rings. The third kappa shape index (κ3) is 3.81. The predicted molar refractivity (Wildman–Crippen MR) is 25.3 cm³/mol. The zero-order chi connectivity index (χ0) is 4.99. The summed E-state index contributed by atoms with van der Waals surface area (Å²) >= 11 is 4.96. The molecule has 0 aromatic rings. The van der Waals surface area contributed by atoms with Gasteiger partial charge in [-0.2, -0.15) is 0 Å². The van der Waals surface area contributed by atoms with Crippen molar-refractivity contribution in [3.8, 4) is 11.8 Å². The van der Waals surface area contributed by atoms with Crippen molar-refractivity contribution in [3.63, 3.8) is 0 Å². The Labute approximate surface area is 41.9 Å². The smallest absolute Gasteiger partial charge is 0.190 e. The Balaban J connectivity index is 3.20. The molecule has 0 aliphatic heterocycles. The Bertz CT molecular complexity index is 77.3. The molecule has 0 aromatic heterocycles. The van der Waals surface area contributed by atoms with Crippen LogP contribution >= 0.6 is 11.6 Å². The molecule has 0 rings (SSSR count). The van der Waals surface area contributed by atoms with Crippen molar-refractivity contribution in [3.05, 3.63) is 0 Å². The number of aliphatic hydroxyl groups excluding tert-OH is 1. The van der Waals surface area contributed by atoms with Gasteiger partial charge in [0.1, 0.15) is 0 Å². The molecule has 2 heteroatoms. The number of halogens is 1. The molecule has 34 valence electrons. The van der Waals surface area contributed by atoms with Crippen molar-refractivity contribution >= 4 is 11.6 Å². The fourth-order valence-corrected chi connectivity index (χ4v) is 0.228.